The Labute approximate surface area is 138 Å². The Balaban J connectivity index is 2.51. The smallest absolute Gasteiger partial charge is 0.315 e. The van der Waals surface area contributed by atoms with E-state index in [9.17, 15) is 9.36 Å². The van der Waals surface area contributed by atoms with Crippen LogP contribution in [-0.2, 0) is 23.8 Å². The zero-order chi connectivity index (χ0) is 17.3. The van der Waals surface area contributed by atoms with Gasteiger partial charge in [0.1, 0.15) is 0 Å². The SMILES string of the molecule is CCOP(=O)(CC1(C)c2ccccc2N(C)C(=O)C1C)OCC. The molecule has 0 saturated heterocycles. The van der Waals surface area contributed by atoms with Crippen LogP contribution in [0.2, 0.25) is 0 Å². The summed E-state index contributed by atoms with van der Waals surface area (Å²) >= 11 is 0. The number of amides is 1. The quantitative estimate of drug-likeness (QED) is 0.739. The molecule has 23 heavy (non-hydrogen) atoms. The molecule has 1 heterocycles. The predicted octanol–water partition coefficient (Wildman–Crippen LogP) is 3.82. The van der Waals surface area contributed by atoms with Gasteiger partial charge in [0, 0.05) is 24.1 Å². The maximum absolute atomic E-state index is 13.1. The third-order valence-electron chi connectivity index (χ3n) is 4.71. The normalized spacial score (nSPS) is 24.7. The first-order valence-corrected chi connectivity index (χ1v) is 9.77. The lowest BCUT2D eigenvalue weighted by atomic mass is 9.70. The molecule has 1 aromatic carbocycles. The first-order chi connectivity index (χ1) is 10.8. The Hall–Kier alpha value is -1.16. The van der Waals surface area contributed by atoms with Gasteiger partial charge in [-0.15, -0.1) is 0 Å². The van der Waals surface area contributed by atoms with Crippen molar-refractivity contribution in [2.24, 2.45) is 5.92 Å². The minimum Gasteiger partial charge on any atom is -0.315 e. The van der Waals surface area contributed by atoms with Gasteiger partial charge in [-0.3, -0.25) is 9.36 Å². The number of carbonyl (C=O) groups is 1. The summed E-state index contributed by atoms with van der Waals surface area (Å²) in [5, 5.41) is 0. The summed E-state index contributed by atoms with van der Waals surface area (Å²) in [5.74, 6) is -0.289. The fraction of sp³-hybridized carbons (Fsp3) is 0.588. The second-order valence-corrected chi connectivity index (χ2v) is 8.21. The van der Waals surface area contributed by atoms with E-state index in [2.05, 4.69) is 0 Å². The molecule has 0 aliphatic carbocycles. The number of para-hydroxylation sites is 1. The summed E-state index contributed by atoms with van der Waals surface area (Å²) in [7, 11) is -1.48. The van der Waals surface area contributed by atoms with Crippen LogP contribution in [0.1, 0.15) is 33.3 Å². The van der Waals surface area contributed by atoms with E-state index in [4.69, 9.17) is 9.05 Å². The van der Waals surface area contributed by atoms with Gasteiger partial charge >= 0.3 is 7.60 Å². The van der Waals surface area contributed by atoms with Crippen molar-refractivity contribution < 1.29 is 18.4 Å². The largest absolute Gasteiger partial charge is 0.331 e. The summed E-state index contributed by atoms with van der Waals surface area (Å²) in [6, 6.07) is 7.77. The molecule has 0 spiro atoms. The van der Waals surface area contributed by atoms with Crippen molar-refractivity contribution in [3.05, 3.63) is 29.8 Å². The molecule has 128 valence electrons. The van der Waals surface area contributed by atoms with Gasteiger partial charge in [-0.25, -0.2) is 0 Å². The molecule has 0 saturated carbocycles. The molecule has 1 aromatic rings. The molecule has 0 fully saturated rings. The molecule has 1 aliphatic rings. The predicted molar refractivity (Wildman–Crippen MR) is 92.1 cm³/mol. The van der Waals surface area contributed by atoms with E-state index in [0.29, 0.717) is 13.2 Å². The van der Waals surface area contributed by atoms with Crippen molar-refractivity contribution >= 4 is 19.2 Å². The highest BCUT2D eigenvalue weighted by atomic mass is 31.2. The molecule has 0 N–H and O–H groups in total. The molecule has 0 aromatic heterocycles. The average molecular weight is 339 g/mol. The van der Waals surface area contributed by atoms with Gasteiger partial charge in [0.2, 0.25) is 5.91 Å². The Morgan fingerprint density at radius 1 is 1.22 bits per heavy atom. The van der Waals surface area contributed by atoms with Crippen LogP contribution in [0, 0.1) is 5.92 Å². The second kappa shape index (κ2) is 6.76. The van der Waals surface area contributed by atoms with Gasteiger partial charge in [-0.05, 0) is 25.5 Å². The van der Waals surface area contributed by atoms with Gasteiger partial charge in [-0.2, -0.15) is 0 Å². The fourth-order valence-electron chi connectivity index (χ4n) is 3.31. The molecule has 0 bridgehead atoms. The van der Waals surface area contributed by atoms with E-state index < -0.39 is 13.0 Å². The number of rotatable bonds is 6. The van der Waals surface area contributed by atoms with Crippen LogP contribution in [-0.4, -0.2) is 32.3 Å². The topological polar surface area (TPSA) is 55.8 Å². The molecular formula is C17H26NO4P. The highest BCUT2D eigenvalue weighted by molar-refractivity contribution is 7.53. The minimum atomic E-state index is -3.26. The lowest BCUT2D eigenvalue weighted by Crippen LogP contribution is -2.50. The molecular weight excluding hydrogens is 313 g/mol. The molecule has 2 atom stereocenters. The number of anilines is 1. The van der Waals surface area contributed by atoms with Gasteiger partial charge < -0.3 is 13.9 Å². The highest BCUT2D eigenvalue weighted by Gasteiger charge is 2.49. The van der Waals surface area contributed by atoms with Gasteiger partial charge in [-0.1, -0.05) is 32.0 Å². The van der Waals surface area contributed by atoms with Crippen molar-refractivity contribution in [2.75, 3.05) is 31.3 Å². The molecule has 5 nitrogen and oxygen atoms in total. The van der Waals surface area contributed by atoms with Crippen LogP contribution in [0.25, 0.3) is 0 Å². The van der Waals surface area contributed by atoms with Crippen molar-refractivity contribution in [3.8, 4) is 0 Å². The van der Waals surface area contributed by atoms with E-state index in [1.54, 1.807) is 25.8 Å². The van der Waals surface area contributed by atoms with E-state index in [-0.39, 0.29) is 18.0 Å². The summed E-state index contributed by atoms with van der Waals surface area (Å²) in [4.78, 5) is 14.3. The third kappa shape index (κ3) is 3.23. The Bertz CT molecular complexity index is 623. The Morgan fingerprint density at radius 2 is 1.78 bits per heavy atom. The van der Waals surface area contributed by atoms with E-state index >= 15 is 0 Å². The highest BCUT2D eigenvalue weighted by Crippen LogP contribution is 2.57. The Kier molecular flexibility index (Phi) is 5.34. The molecule has 0 radical (unpaired) electrons. The van der Waals surface area contributed by atoms with Crippen LogP contribution in [0.15, 0.2) is 24.3 Å². The molecule has 2 rings (SSSR count). The monoisotopic (exact) mass is 339 g/mol. The van der Waals surface area contributed by atoms with Gasteiger partial charge in [0.05, 0.1) is 19.4 Å². The summed E-state index contributed by atoms with van der Waals surface area (Å²) in [5.41, 5.74) is 1.27. The number of carbonyl (C=O) groups excluding carboxylic acids is 1. The van der Waals surface area contributed by atoms with Crippen LogP contribution >= 0.6 is 7.60 Å². The first kappa shape index (κ1) is 18.2. The van der Waals surface area contributed by atoms with Crippen LogP contribution in [0.5, 0.6) is 0 Å². The standard InChI is InChI=1S/C17H26NO4P/c1-6-21-23(20,22-7-2)12-17(4)13(3)16(19)18(5)15-11-9-8-10-14(15)17/h8-11,13H,6-7,12H2,1-5H3. The van der Waals surface area contributed by atoms with Crippen molar-refractivity contribution in [3.63, 3.8) is 0 Å². The maximum Gasteiger partial charge on any atom is 0.331 e. The van der Waals surface area contributed by atoms with Crippen molar-refractivity contribution in [1.29, 1.82) is 0 Å². The lowest BCUT2D eigenvalue weighted by molar-refractivity contribution is -0.123. The molecule has 1 amide bonds. The molecule has 2 unspecified atom stereocenters. The third-order valence-corrected chi connectivity index (χ3v) is 7.06. The zero-order valence-electron chi connectivity index (χ0n) is 14.5. The summed E-state index contributed by atoms with van der Waals surface area (Å²) in [6.07, 6.45) is 0.194. The van der Waals surface area contributed by atoms with E-state index in [1.807, 2.05) is 38.1 Å². The average Bonchev–Trinajstić information content (AvgIpc) is 2.51. The van der Waals surface area contributed by atoms with Crippen LogP contribution in [0.4, 0.5) is 5.69 Å². The van der Waals surface area contributed by atoms with Crippen molar-refractivity contribution in [2.45, 2.75) is 33.1 Å². The van der Waals surface area contributed by atoms with Crippen LogP contribution in [0.3, 0.4) is 0 Å². The summed E-state index contributed by atoms with van der Waals surface area (Å²) < 4.78 is 24.0. The lowest BCUT2D eigenvalue weighted by Gasteiger charge is -2.44. The van der Waals surface area contributed by atoms with Crippen LogP contribution < -0.4 is 4.90 Å². The minimum absolute atomic E-state index is 0.0192. The number of benzene rings is 1. The van der Waals surface area contributed by atoms with E-state index in [1.165, 1.54) is 0 Å². The Morgan fingerprint density at radius 3 is 2.35 bits per heavy atom. The molecule has 6 heteroatoms. The van der Waals surface area contributed by atoms with Crippen molar-refractivity contribution in [1.82, 2.24) is 0 Å². The van der Waals surface area contributed by atoms with Gasteiger partial charge in [0.15, 0.2) is 0 Å². The fourth-order valence-corrected chi connectivity index (χ4v) is 5.60. The van der Waals surface area contributed by atoms with E-state index in [0.717, 1.165) is 11.3 Å². The zero-order valence-corrected chi connectivity index (χ0v) is 15.4. The van der Waals surface area contributed by atoms with Gasteiger partial charge in [0.25, 0.3) is 0 Å². The molecule has 1 aliphatic heterocycles. The number of nitrogens with zero attached hydrogens (tertiary/aromatic N) is 1. The summed E-state index contributed by atoms with van der Waals surface area (Å²) in [6.45, 7) is 8.09. The first-order valence-electron chi connectivity index (χ1n) is 8.04. The number of fused-ring (bicyclic) bond motifs is 1. The number of hydrogen-bond acceptors (Lipinski definition) is 4. The maximum atomic E-state index is 13.1. The number of hydrogen-bond donors (Lipinski definition) is 0. The second-order valence-electron chi connectivity index (χ2n) is 6.16.